The standard InChI is InChI=1S/C14H17N3O2/c1-10-3-2-4-12(7-10)18-6-5-13-16-14(19-17-13)11-8-15-9-11/h2-4,7,11,15H,5-6,8-9H2,1H3. The molecule has 1 aromatic carbocycles. The first-order valence-electron chi connectivity index (χ1n) is 6.54. The lowest BCUT2D eigenvalue weighted by Crippen LogP contribution is -2.40. The zero-order chi connectivity index (χ0) is 13.1. The molecular formula is C14H17N3O2. The molecule has 1 saturated heterocycles. The Morgan fingerprint density at radius 1 is 1.42 bits per heavy atom. The number of ether oxygens (including phenoxy) is 1. The van der Waals surface area contributed by atoms with E-state index in [1.54, 1.807) is 0 Å². The van der Waals surface area contributed by atoms with Crippen LogP contribution in [0.2, 0.25) is 0 Å². The highest BCUT2D eigenvalue weighted by Gasteiger charge is 2.24. The summed E-state index contributed by atoms with van der Waals surface area (Å²) in [5.74, 6) is 2.73. The summed E-state index contributed by atoms with van der Waals surface area (Å²) in [6, 6.07) is 8.00. The number of benzene rings is 1. The van der Waals surface area contributed by atoms with Gasteiger partial charge in [-0.25, -0.2) is 0 Å². The molecule has 5 heteroatoms. The normalized spacial score (nSPS) is 15.2. The van der Waals surface area contributed by atoms with Gasteiger partial charge in [-0.05, 0) is 24.6 Å². The van der Waals surface area contributed by atoms with Gasteiger partial charge < -0.3 is 14.6 Å². The van der Waals surface area contributed by atoms with Crippen molar-refractivity contribution in [2.75, 3.05) is 19.7 Å². The number of nitrogens with zero attached hydrogens (tertiary/aromatic N) is 2. The zero-order valence-corrected chi connectivity index (χ0v) is 10.9. The molecule has 0 spiro atoms. The highest BCUT2D eigenvalue weighted by molar-refractivity contribution is 5.27. The molecule has 2 aromatic rings. The van der Waals surface area contributed by atoms with Crippen LogP contribution < -0.4 is 10.1 Å². The van der Waals surface area contributed by atoms with E-state index in [1.807, 2.05) is 31.2 Å². The molecule has 1 aromatic heterocycles. The smallest absolute Gasteiger partial charge is 0.232 e. The maximum Gasteiger partial charge on any atom is 0.232 e. The molecule has 0 radical (unpaired) electrons. The molecule has 2 heterocycles. The number of hydrogen-bond acceptors (Lipinski definition) is 5. The van der Waals surface area contributed by atoms with E-state index in [0.29, 0.717) is 18.9 Å². The molecule has 1 N–H and O–H groups in total. The number of aryl methyl sites for hydroxylation is 1. The van der Waals surface area contributed by atoms with E-state index in [9.17, 15) is 0 Å². The van der Waals surface area contributed by atoms with Gasteiger partial charge in [0.2, 0.25) is 5.89 Å². The van der Waals surface area contributed by atoms with Crippen LogP contribution in [-0.2, 0) is 6.42 Å². The summed E-state index contributed by atoms with van der Waals surface area (Å²) in [6.07, 6.45) is 0.664. The summed E-state index contributed by atoms with van der Waals surface area (Å²) >= 11 is 0. The van der Waals surface area contributed by atoms with Crippen molar-refractivity contribution in [2.24, 2.45) is 0 Å². The molecule has 0 bridgehead atoms. The van der Waals surface area contributed by atoms with E-state index < -0.39 is 0 Å². The van der Waals surface area contributed by atoms with Gasteiger partial charge in [-0.1, -0.05) is 17.3 Å². The maximum absolute atomic E-state index is 5.67. The molecule has 19 heavy (non-hydrogen) atoms. The van der Waals surface area contributed by atoms with Crippen LogP contribution in [0.5, 0.6) is 5.75 Å². The minimum atomic E-state index is 0.388. The van der Waals surface area contributed by atoms with Crippen molar-refractivity contribution >= 4 is 0 Å². The van der Waals surface area contributed by atoms with Crippen molar-refractivity contribution in [1.82, 2.24) is 15.5 Å². The number of hydrogen-bond donors (Lipinski definition) is 1. The summed E-state index contributed by atoms with van der Waals surface area (Å²) < 4.78 is 10.9. The van der Waals surface area contributed by atoms with Crippen LogP contribution in [0.1, 0.15) is 23.2 Å². The van der Waals surface area contributed by atoms with Gasteiger partial charge in [-0.3, -0.25) is 0 Å². The Kier molecular flexibility index (Phi) is 3.46. The van der Waals surface area contributed by atoms with Gasteiger partial charge >= 0.3 is 0 Å². The van der Waals surface area contributed by atoms with Crippen LogP contribution in [0.3, 0.4) is 0 Å². The highest BCUT2D eigenvalue weighted by Crippen LogP contribution is 2.17. The summed E-state index contributed by atoms with van der Waals surface area (Å²) in [5.41, 5.74) is 1.19. The van der Waals surface area contributed by atoms with Crippen molar-refractivity contribution in [3.63, 3.8) is 0 Å². The summed E-state index contributed by atoms with van der Waals surface area (Å²) in [7, 11) is 0. The predicted molar refractivity (Wildman–Crippen MR) is 70.3 cm³/mol. The number of nitrogens with one attached hydrogen (secondary N) is 1. The fraction of sp³-hybridized carbons (Fsp3) is 0.429. The fourth-order valence-corrected chi connectivity index (χ4v) is 1.96. The lowest BCUT2D eigenvalue weighted by atomic mass is 10.0. The predicted octanol–water partition coefficient (Wildman–Crippen LogP) is 1.69. The van der Waals surface area contributed by atoms with Crippen molar-refractivity contribution in [3.05, 3.63) is 41.5 Å². The Balaban J connectivity index is 1.50. The molecule has 0 unspecified atom stereocenters. The summed E-state index contributed by atoms with van der Waals surface area (Å²) in [5, 5.41) is 7.16. The Labute approximate surface area is 112 Å². The van der Waals surface area contributed by atoms with E-state index in [1.165, 1.54) is 5.56 Å². The van der Waals surface area contributed by atoms with E-state index >= 15 is 0 Å². The molecule has 0 atom stereocenters. The first kappa shape index (κ1) is 12.2. The minimum absolute atomic E-state index is 0.388. The van der Waals surface area contributed by atoms with E-state index in [2.05, 4.69) is 15.5 Å². The Bertz CT molecular complexity index is 549. The quantitative estimate of drug-likeness (QED) is 0.885. The van der Waals surface area contributed by atoms with Crippen LogP contribution in [0.15, 0.2) is 28.8 Å². The largest absolute Gasteiger partial charge is 0.493 e. The van der Waals surface area contributed by atoms with Crippen molar-refractivity contribution in [1.29, 1.82) is 0 Å². The maximum atomic E-state index is 5.67. The average Bonchev–Trinajstić information content (AvgIpc) is 2.75. The first-order chi connectivity index (χ1) is 9.31. The van der Waals surface area contributed by atoms with E-state index in [4.69, 9.17) is 9.26 Å². The summed E-state index contributed by atoms with van der Waals surface area (Å²) in [4.78, 5) is 4.38. The Morgan fingerprint density at radius 3 is 3.05 bits per heavy atom. The van der Waals surface area contributed by atoms with Crippen molar-refractivity contribution in [3.8, 4) is 5.75 Å². The van der Waals surface area contributed by atoms with Crippen LogP contribution >= 0.6 is 0 Å². The molecule has 100 valence electrons. The third kappa shape index (κ3) is 2.93. The first-order valence-corrected chi connectivity index (χ1v) is 6.54. The lowest BCUT2D eigenvalue weighted by molar-refractivity contribution is 0.299. The molecule has 0 saturated carbocycles. The Hall–Kier alpha value is -1.88. The van der Waals surface area contributed by atoms with Crippen molar-refractivity contribution < 1.29 is 9.26 Å². The molecule has 3 rings (SSSR count). The fourth-order valence-electron chi connectivity index (χ4n) is 1.96. The highest BCUT2D eigenvalue weighted by atomic mass is 16.5. The monoisotopic (exact) mass is 259 g/mol. The second-order valence-electron chi connectivity index (χ2n) is 4.82. The summed E-state index contributed by atoms with van der Waals surface area (Å²) in [6.45, 7) is 4.47. The van der Waals surface area contributed by atoms with Gasteiger partial charge in [0.15, 0.2) is 5.82 Å². The molecule has 0 amide bonds. The molecule has 5 nitrogen and oxygen atoms in total. The lowest BCUT2D eigenvalue weighted by Gasteiger charge is -2.22. The van der Waals surface area contributed by atoms with Gasteiger partial charge in [0.05, 0.1) is 12.5 Å². The topological polar surface area (TPSA) is 60.2 Å². The van der Waals surface area contributed by atoms with Crippen LogP contribution in [0, 0.1) is 6.92 Å². The molecule has 1 fully saturated rings. The molecular weight excluding hydrogens is 242 g/mol. The van der Waals surface area contributed by atoms with E-state index in [-0.39, 0.29) is 0 Å². The SMILES string of the molecule is Cc1cccc(OCCc2noc(C3CNC3)n2)c1. The van der Waals surface area contributed by atoms with Crippen LogP contribution in [0.4, 0.5) is 0 Å². The van der Waals surface area contributed by atoms with Gasteiger partial charge in [0.25, 0.3) is 0 Å². The zero-order valence-electron chi connectivity index (χ0n) is 10.9. The second kappa shape index (κ2) is 5.40. The molecule has 1 aliphatic heterocycles. The second-order valence-corrected chi connectivity index (χ2v) is 4.82. The van der Waals surface area contributed by atoms with Gasteiger partial charge in [-0.2, -0.15) is 4.98 Å². The van der Waals surface area contributed by atoms with E-state index in [0.717, 1.165) is 30.6 Å². The molecule has 0 aliphatic carbocycles. The Morgan fingerprint density at radius 2 is 2.32 bits per heavy atom. The molecule has 1 aliphatic rings. The number of rotatable bonds is 5. The van der Waals surface area contributed by atoms with Gasteiger partial charge in [0.1, 0.15) is 5.75 Å². The minimum Gasteiger partial charge on any atom is -0.493 e. The average molecular weight is 259 g/mol. The van der Waals surface area contributed by atoms with Gasteiger partial charge in [-0.15, -0.1) is 0 Å². The van der Waals surface area contributed by atoms with Crippen LogP contribution in [-0.4, -0.2) is 29.8 Å². The third-order valence-electron chi connectivity index (χ3n) is 3.20. The van der Waals surface area contributed by atoms with Gasteiger partial charge in [0, 0.05) is 19.5 Å². The third-order valence-corrected chi connectivity index (χ3v) is 3.20. The van der Waals surface area contributed by atoms with Crippen molar-refractivity contribution in [2.45, 2.75) is 19.3 Å². The van der Waals surface area contributed by atoms with Crippen LogP contribution in [0.25, 0.3) is 0 Å². The number of aromatic nitrogens is 2.